The quantitative estimate of drug-likeness (QED) is 0.723. The normalized spacial score (nSPS) is 30.4. The Hall–Kier alpha value is -0.380. The smallest absolute Gasteiger partial charge is 0.0941 e. The van der Waals surface area contributed by atoms with Gasteiger partial charge in [0.2, 0.25) is 0 Å². The fourth-order valence-electron chi connectivity index (χ4n) is 1.45. The van der Waals surface area contributed by atoms with E-state index in [1.807, 2.05) is 11.4 Å². The molecule has 1 fully saturated rings. The zero-order chi connectivity index (χ0) is 8.39. The van der Waals surface area contributed by atoms with Crippen molar-refractivity contribution < 1.29 is 9.84 Å². The Balaban J connectivity index is 2.04. The van der Waals surface area contributed by atoms with E-state index in [0.29, 0.717) is 6.61 Å². The van der Waals surface area contributed by atoms with Gasteiger partial charge in [0.15, 0.2) is 0 Å². The summed E-state index contributed by atoms with van der Waals surface area (Å²) in [5.41, 5.74) is 0. The average molecular weight is 184 g/mol. The van der Waals surface area contributed by atoms with Crippen molar-refractivity contribution in [2.24, 2.45) is 0 Å². The maximum atomic E-state index is 9.40. The van der Waals surface area contributed by atoms with E-state index in [-0.39, 0.29) is 12.2 Å². The van der Waals surface area contributed by atoms with Gasteiger partial charge < -0.3 is 9.84 Å². The topological polar surface area (TPSA) is 29.5 Å². The van der Waals surface area contributed by atoms with Crippen LogP contribution in [-0.4, -0.2) is 17.8 Å². The summed E-state index contributed by atoms with van der Waals surface area (Å²) in [6.07, 6.45) is 1.49. The van der Waals surface area contributed by atoms with E-state index in [2.05, 4.69) is 6.07 Å². The summed E-state index contributed by atoms with van der Waals surface area (Å²) in [7, 11) is 0. The van der Waals surface area contributed by atoms with Gasteiger partial charge in [-0.3, -0.25) is 0 Å². The largest absolute Gasteiger partial charge is 0.393 e. The van der Waals surface area contributed by atoms with Gasteiger partial charge in [0.05, 0.1) is 12.2 Å². The first-order chi connectivity index (χ1) is 5.86. The highest BCUT2D eigenvalue weighted by Gasteiger charge is 2.22. The molecular formula is C9H12O2S. The summed E-state index contributed by atoms with van der Waals surface area (Å²) in [6, 6.07) is 4.08. The lowest BCUT2D eigenvalue weighted by Crippen LogP contribution is -2.22. The molecule has 1 aromatic heterocycles. The molecule has 0 bridgehead atoms. The first kappa shape index (κ1) is 8.23. The molecule has 0 spiro atoms. The number of ether oxygens (including phenoxy) is 1. The summed E-state index contributed by atoms with van der Waals surface area (Å²) in [6.45, 7) is 0.684. The maximum absolute atomic E-state index is 9.40. The summed E-state index contributed by atoms with van der Waals surface area (Å²) in [5, 5.41) is 11.4. The second-order valence-corrected chi connectivity index (χ2v) is 4.03. The third-order valence-electron chi connectivity index (χ3n) is 2.12. The van der Waals surface area contributed by atoms with E-state index >= 15 is 0 Å². The molecule has 12 heavy (non-hydrogen) atoms. The van der Waals surface area contributed by atoms with Crippen LogP contribution in [0.2, 0.25) is 0 Å². The van der Waals surface area contributed by atoms with E-state index in [1.54, 1.807) is 11.3 Å². The van der Waals surface area contributed by atoms with Gasteiger partial charge in [0, 0.05) is 17.9 Å². The van der Waals surface area contributed by atoms with Crippen LogP contribution in [0, 0.1) is 0 Å². The molecule has 2 atom stereocenters. The standard InChI is InChI=1S/C9H12O2S/c10-7-3-4-11-8(6-7)9-2-1-5-12-9/h1-2,5,7-8,10H,3-4,6H2/t7-,8-/m1/s1. The van der Waals surface area contributed by atoms with Crippen LogP contribution in [0.15, 0.2) is 17.5 Å². The van der Waals surface area contributed by atoms with Crippen LogP contribution in [0.25, 0.3) is 0 Å². The Bertz CT molecular complexity index is 233. The molecule has 2 heterocycles. The molecule has 1 saturated heterocycles. The van der Waals surface area contributed by atoms with E-state index in [0.717, 1.165) is 12.8 Å². The molecule has 2 rings (SSSR count). The molecule has 66 valence electrons. The number of hydrogen-bond donors (Lipinski definition) is 1. The first-order valence-corrected chi connectivity index (χ1v) is 5.07. The van der Waals surface area contributed by atoms with E-state index in [1.165, 1.54) is 4.88 Å². The minimum absolute atomic E-state index is 0.133. The summed E-state index contributed by atoms with van der Waals surface area (Å²) < 4.78 is 5.54. The lowest BCUT2D eigenvalue weighted by Gasteiger charge is -2.25. The van der Waals surface area contributed by atoms with Crippen LogP contribution in [0.5, 0.6) is 0 Å². The molecule has 0 aromatic carbocycles. The van der Waals surface area contributed by atoms with Crippen molar-refractivity contribution in [2.75, 3.05) is 6.61 Å². The monoisotopic (exact) mass is 184 g/mol. The molecular weight excluding hydrogens is 172 g/mol. The Morgan fingerprint density at radius 2 is 2.50 bits per heavy atom. The highest BCUT2D eigenvalue weighted by Crippen LogP contribution is 2.30. The summed E-state index contributed by atoms with van der Waals surface area (Å²) in [5.74, 6) is 0. The van der Waals surface area contributed by atoms with Gasteiger partial charge in [0.1, 0.15) is 0 Å². The fourth-order valence-corrected chi connectivity index (χ4v) is 2.24. The van der Waals surface area contributed by atoms with Gasteiger partial charge in [0.25, 0.3) is 0 Å². The Morgan fingerprint density at radius 3 is 3.17 bits per heavy atom. The molecule has 0 amide bonds. The number of aliphatic hydroxyl groups excluding tert-OH is 1. The van der Waals surface area contributed by atoms with Crippen molar-refractivity contribution in [2.45, 2.75) is 25.0 Å². The lowest BCUT2D eigenvalue weighted by molar-refractivity contribution is -0.0431. The lowest BCUT2D eigenvalue weighted by atomic mass is 10.1. The SMILES string of the molecule is O[C@@H]1CCO[C@@H](c2cccs2)C1. The number of rotatable bonds is 1. The predicted molar refractivity (Wildman–Crippen MR) is 48.3 cm³/mol. The van der Waals surface area contributed by atoms with Gasteiger partial charge >= 0.3 is 0 Å². The van der Waals surface area contributed by atoms with Crippen LogP contribution in [0.3, 0.4) is 0 Å². The molecule has 1 aliphatic heterocycles. The molecule has 1 N–H and O–H groups in total. The van der Waals surface area contributed by atoms with E-state index in [9.17, 15) is 5.11 Å². The molecule has 0 unspecified atom stereocenters. The van der Waals surface area contributed by atoms with E-state index < -0.39 is 0 Å². The van der Waals surface area contributed by atoms with E-state index in [4.69, 9.17) is 4.74 Å². The number of aliphatic hydroxyl groups is 1. The molecule has 3 heteroatoms. The Labute approximate surface area is 75.8 Å². The van der Waals surface area contributed by atoms with Crippen molar-refractivity contribution in [3.63, 3.8) is 0 Å². The average Bonchev–Trinajstić information content (AvgIpc) is 2.56. The molecule has 0 radical (unpaired) electrons. The fraction of sp³-hybridized carbons (Fsp3) is 0.556. The summed E-state index contributed by atoms with van der Waals surface area (Å²) in [4.78, 5) is 1.23. The van der Waals surface area contributed by atoms with Crippen molar-refractivity contribution in [1.82, 2.24) is 0 Å². The van der Waals surface area contributed by atoms with Crippen LogP contribution >= 0.6 is 11.3 Å². The minimum atomic E-state index is -0.175. The van der Waals surface area contributed by atoms with Gasteiger partial charge in [-0.1, -0.05) is 6.07 Å². The number of thiophene rings is 1. The molecule has 0 saturated carbocycles. The molecule has 0 aliphatic carbocycles. The first-order valence-electron chi connectivity index (χ1n) is 4.19. The third-order valence-corrected chi connectivity index (χ3v) is 3.08. The van der Waals surface area contributed by atoms with Gasteiger partial charge in [-0.15, -0.1) is 11.3 Å². The van der Waals surface area contributed by atoms with Crippen LogP contribution < -0.4 is 0 Å². The maximum Gasteiger partial charge on any atom is 0.0941 e. The van der Waals surface area contributed by atoms with Gasteiger partial charge in [-0.05, 0) is 17.9 Å². The number of hydrogen-bond acceptors (Lipinski definition) is 3. The van der Waals surface area contributed by atoms with Crippen molar-refractivity contribution in [3.8, 4) is 0 Å². The van der Waals surface area contributed by atoms with Gasteiger partial charge in [-0.2, -0.15) is 0 Å². The highest BCUT2D eigenvalue weighted by molar-refractivity contribution is 7.10. The Kier molecular flexibility index (Phi) is 2.44. The van der Waals surface area contributed by atoms with Gasteiger partial charge in [-0.25, -0.2) is 0 Å². The second kappa shape index (κ2) is 3.56. The Morgan fingerprint density at radius 1 is 1.58 bits per heavy atom. The van der Waals surface area contributed by atoms with Crippen LogP contribution in [0.4, 0.5) is 0 Å². The molecule has 1 aromatic rings. The van der Waals surface area contributed by atoms with Crippen LogP contribution in [-0.2, 0) is 4.74 Å². The van der Waals surface area contributed by atoms with Crippen molar-refractivity contribution in [1.29, 1.82) is 0 Å². The zero-order valence-electron chi connectivity index (χ0n) is 6.77. The highest BCUT2D eigenvalue weighted by atomic mass is 32.1. The van der Waals surface area contributed by atoms with Crippen molar-refractivity contribution in [3.05, 3.63) is 22.4 Å². The predicted octanol–water partition coefficient (Wildman–Crippen LogP) is 1.96. The second-order valence-electron chi connectivity index (χ2n) is 3.05. The zero-order valence-corrected chi connectivity index (χ0v) is 7.59. The molecule has 2 nitrogen and oxygen atoms in total. The van der Waals surface area contributed by atoms with Crippen molar-refractivity contribution >= 4 is 11.3 Å². The van der Waals surface area contributed by atoms with Crippen LogP contribution in [0.1, 0.15) is 23.8 Å². The molecule has 1 aliphatic rings. The minimum Gasteiger partial charge on any atom is -0.393 e. The third kappa shape index (κ3) is 1.68. The summed E-state index contributed by atoms with van der Waals surface area (Å²) >= 11 is 1.70.